The van der Waals surface area contributed by atoms with Crippen molar-refractivity contribution in [2.75, 3.05) is 29.9 Å². The lowest BCUT2D eigenvalue weighted by atomic mass is 9.76. The Balaban J connectivity index is 1.45. The van der Waals surface area contributed by atoms with Crippen LogP contribution in [0.25, 0.3) is 10.9 Å². The smallest absolute Gasteiger partial charge is 0.257 e. The first-order valence-electron chi connectivity index (χ1n) is 12.5. The molecule has 3 aromatic rings. The third kappa shape index (κ3) is 4.86. The summed E-state index contributed by atoms with van der Waals surface area (Å²) in [5.41, 5.74) is 9.57. The van der Waals surface area contributed by atoms with Crippen LogP contribution in [0, 0.1) is 11.7 Å². The highest BCUT2D eigenvalue weighted by molar-refractivity contribution is 6.12. The minimum absolute atomic E-state index is 0.151. The van der Waals surface area contributed by atoms with E-state index < -0.39 is 0 Å². The van der Waals surface area contributed by atoms with Crippen LogP contribution in [-0.2, 0) is 0 Å². The average Bonchev–Trinajstić information content (AvgIpc) is 2.84. The third-order valence-corrected chi connectivity index (χ3v) is 7.38. The first-order valence-corrected chi connectivity index (χ1v) is 12.5. The number of nitrogens with zero attached hydrogens (tertiary/aromatic N) is 3. The number of anilines is 2. The summed E-state index contributed by atoms with van der Waals surface area (Å²) in [4.78, 5) is 24.4. The third-order valence-electron chi connectivity index (χ3n) is 7.38. The number of carbonyl (C=O) groups excluding carboxylic acids is 1. The number of pyridine rings is 2. The number of nitrogens with two attached hydrogens (primary N) is 1. The van der Waals surface area contributed by atoms with Gasteiger partial charge in [0.25, 0.3) is 5.91 Å². The van der Waals surface area contributed by atoms with Crippen molar-refractivity contribution >= 4 is 28.2 Å². The zero-order valence-electron chi connectivity index (χ0n) is 20.3. The number of nitrogens with one attached hydrogen (secondary N) is 2. The Kier molecular flexibility index (Phi) is 6.67. The van der Waals surface area contributed by atoms with E-state index >= 15 is 0 Å². The Labute approximate surface area is 205 Å². The fourth-order valence-electron chi connectivity index (χ4n) is 5.71. The average molecular weight is 477 g/mol. The van der Waals surface area contributed by atoms with Crippen molar-refractivity contribution in [3.63, 3.8) is 0 Å². The molecule has 35 heavy (non-hydrogen) atoms. The van der Waals surface area contributed by atoms with Crippen LogP contribution in [0.5, 0.6) is 0 Å². The maximum atomic E-state index is 14.9. The predicted octanol–water partition coefficient (Wildman–Crippen LogP) is 4.05. The maximum Gasteiger partial charge on any atom is 0.257 e. The van der Waals surface area contributed by atoms with Crippen LogP contribution in [0.15, 0.2) is 42.9 Å². The highest BCUT2D eigenvalue weighted by Crippen LogP contribution is 2.38. The number of benzene rings is 1. The van der Waals surface area contributed by atoms with Crippen molar-refractivity contribution in [3.8, 4) is 0 Å². The molecule has 2 aromatic heterocycles. The van der Waals surface area contributed by atoms with Crippen LogP contribution in [-0.4, -0.2) is 47.6 Å². The molecule has 0 unspecified atom stereocenters. The molecule has 0 spiro atoms. The molecule has 1 amide bonds. The number of hydrogen-bond acceptors (Lipinski definition) is 6. The van der Waals surface area contributed by atoms with Crippen molar-refractivity contribution in [1.29, 1.82) is 0 Å². The molecular formula is C27H33FN6O. The topological polar surface area (TPSA) is 96.2 Å². The molecule has 2 aliphatic rings. The van der Waals surface area contributed by atoms with Crippen LogP contribution in [0.3, 0.4) is 0 Å². The van der Waals surface area contributed by atoms with Gasteiger partial charge in [-0.15, -0.1) is 0 Å². The van der Waals surface area contributed by atoms with E-state index in [1.165, 1.54) is 12.1 Å². The SMILES string of the molecule is C[C@@H]1C[C@H](N)C[C@H](c2ccncc2NC(=O)c2ccc(F)c3cc(N4CCNC[C@@H]4C)cnc23)C1. The highest BCUT2D eigenvalue weighted by Gasteiger charge is 2.28. The van der Waals surface area contributed by atoms with Gasteiger partial charge >= 0.3 is 0 Å². The van der Waals surface area contributed by atoms with Crippen molar-refractivity contribution < 1.29 is 9.18 Å². The molecule has 8 heteroatoms. The fourth-order valence-corrected chi connectivity index (χ4v) is 5.71. The number of piperazine rings is 1. The summed E-state index contributed by atoms with van der Waals surface area (Å²) in [6, 6.07) is 7.04. The predicted molar refractivity (Wildman–Crippen MR) is 137 cm³/mol. The molecule has 1 saturated carbocycles. The van der Waals surface area contributed by atoms with Crippen molar-refractivity contribution in [2.45, 2.75) is 51.1 Å². The van der Waals surface area contributed by atoms with Gasteiger partial charge in [0.1, 0.15) is 5.82 Å². The Morgan fingerprint density at radius 3 is 2.86 bits per heavy atom. The van der Waals surface area contributed by atoms with Gasteiger partial charge in [-0.05, 0) is 67.9 Å². The van der Waals surface area contributed by atoms with Crippen molar-refractivity contribution in [1.82, 2.24) is 15.3 Å². The van der Waals surface area contributed by atoms with Crippen LogP contribution in [0.4, 0.5) is 15.8 Å². The second-order valence-electron chi connectivity index (χ2n) is 10.1. The lowest BCUT2D eigenvalue weighted by Gasteiger charge is -2.35. The van der Waals surface area contributed by atoms with Gasteiger partial charge in [0.2, 0.25) is 0 Å². The zero-order chi connectivity index (χ0) is 24.5. The highest BCUT2D eigenvalue weighted by atomic mass is 19.1. The van der Waals surface area contributed by atoms with Gasteiger partial charge in [-0.1, -0.05) is 6.92 Å². The summed E-state index contributed by atoms with van der Waals surface area (Å²) in [5.74, 6) is 0.0751. The Hall–Kier alpha value is -3.10. The summed E-state index contributed by atoms with van der Waals surface area (Å²) in [7, 11) is 0. The van der Waals surface area contributed by atoms with Gasteiger partial charge in [0.05, 0.1) is 34.8 Å². The largest absolute Gasteiger partial charge is 0.365 e. The van der Waals surface area contributed by atoms with E-state index in [-0.39, 0.29) is 29.7 Å². The number of aromatic nitrogens is 2. The van der Waals surface area contributed by atoms with Crippen molar-refractivity contribution in [3.05, 3.63) is 59.8 Å². The van der Waals surface area contributed by atoms with E-state index in [4.69, 9.17) is 5.73 Å². The Morgan fingerprint density at radius 2 is 2.06 bits per heavy atom. The second-order valence-corrected chi connectivity index (χ2v) is 10.1. The number of fused-ring (bicyclic) bond motifs is 1. The molecule has 0 radical (unpaired) electrons. The maximum absolute atomic E-state index is 14.9. The number of hydrogen-bond donors (Lipinski definition) is 3. The van der Waals surface area contributed by atoms with E-state index in [0.29, 0.717) is 28.1 Å². The van der Waals surface area contributed by atoms with E-state index in [0.717, 1.165) is 50.1 Å². The molecule has 1 saturated heterocycles. The minimum atomic E-state index is -0.388. The lowest BCUT2D eigenvalue weighted by Crippen LogP contribution is -2.49. The number of amides is 1. The summed E-state index contributed by atoms with van der Waals surface area (Å²) in [6.45, 7) is 6.90. The molecule has 3 heterocycles. The Bertz CT molecular complexity index is 1220. The molecule has 1 aliphatic carbocycles. The van der Waals surface area contributed by atoms with Gasteiger partial charge in [0.15, 0.2) is 0 Å². The monoisotopic (exact) mass is 476 g/mol. The number of carbonyl (C=O) groups is 1. The normalized spacial score (nSPS) is 25.0. The van der Waals surface area contributed by atoms with Gasteiger partial charge in [-0.2, -0.15) is 0 Å². The molecule has 5 rings (SSSR count). The quantitative estimate of drug-likeness (QED) is 0.526. The molecule has 184 valence electrons. The summed E-state index contributed by atoms with van der Waals surface area (Å²) < 4.78 is 14.9. The number of rotatable bonds is 4. The molecule has 1 aliphatic heterocycles. The summed E-state index contributed by atoms with van der Waals surface area (Å²) >= 11 is 0. The summed E-state index contributed by atoms with van der Waals surface area (Å²) in [5, 5.41) is 6.74. The molecule has 4 atom stereocenters. The van der Waals surface area contributed by atoms with Gasteiger partial charge < -0.3 is 21.3 Å². The molecule has 4 N–H and O–H groups in total. The lowest BCUT2D eigenvalue weighted by molar-refractivity contribution is 0.102. The van der Waals surface area contributed by atoms with Gasteiger partial charge in [-0.3, -0.25) is 14.8 Å². The van der Waals surface area contributed by atoms with Gasteiger partial charge in [0, 0.05) is 43.3 Å². The van der Waals surface area contributed by atoms with Crippen LogP contribution in [0.1, 0.15) is 54.9 Å². The molecule has 0 bridgehead atoms. The van der Waals surface area contributed by atoms with Crippen LogP contribution in [0.2, 0.25) is 0 Å². The summed E-state index contributed by atoms with van der Waals surface area (Å²) in [6.07, 6.45) is 8.09. The fraction of sp³-hybridized carbons (Fsp3) is 0.444. The second kappa shape index (κ2) is 9.87. The first kappa shape index (κ1) is 23.6. The molecule has 7 nitrogen and oxygen atoms in total. The zero-order valence-corrected chi connectivity index (χ0v) is 20.3. The van der Waals surface area contributed by atoms with E-state index in [2.05, 4.69) is 39.3 Å². The van der Waals surface area contributed by atoms with Crippen LogP contribution < -0.4 is 21.3 Å². The number of halogens is 1. The molecular weight excluding hydrogens is 443 g/mol. The van der Waals surface area contributed by atoms with Crippen LogP contribution >= 0.6 is 0 Å². The van der Waals surface area contributed by atoms with E-state index in [1.807, 2.05) is 6.07 Å². The molecule has 1 aromatic carbocycles. The first-order chi connectivity index (χ1) is 16.9. The van der Waals surface area contributed by atoms with Gasteiger partial charge in [-0.25, -0.2) is 4.39 Å². The van der Waals surface area contributed by atoms with E-state index in [1.54, 1.807) is 24.7 Å². The van der Waals surface area contributed by atoms with E-state index in [9.17, 15) is 9.18 Å². The molecule has 2 fully saturated rings. The Morgan fingerprint density at radius 1 is 1.20 bits per heavy atom. The standard InChI is InChI=1S/C27H33FN6O/c1-16-9-18(11-19(29)10-16)21-5-6-30-15-25(21)33-27(35)22-3-4-24(28)23-12-20(14-32-26(22)23)34-8-7-31-13-17(34)2/h3-6,12,14-19,31H,7-11,13,29H2,1-2H3,(H,33,35)/t16-,17-,18+,19-/m0/s1. The van der Waals surface area contributed by atoms with Crippen molar-refractivity contribution in [2.24, 2.45) is 11.7 Å². The minimum Gasteiger partial charge on any atom is -0.365 e.